The average Bonchev–Trinajstić information content (AvgIpc) is 2.48. The molecule has 0 aliphatic heterocycles. The Morgan fingerprint density at radius 2 is 1.75 bits per heavy atom. The quantitative estimate of drug-likeness (QED) is 0.795. The summed E-state index contributed by atoms with van der Waals surface area (Å²) >= 11 is 9.13. The number of amides is 1. The van der Waals surface area contributed by atoms with Gasteiger partial charge >= 0.3 is 0 Å². The van der Waals surface area contributed by atoms with Crippen molar-refractivity contribution in [2.45, 2.75) is 18.8 Å². The maximum Gasteiger partial charge on any atom is 0.251 e. The molecule has 0 bridgehead atoms. The first kappa shape index (κ1) is 15.1. The van der Waals surface area contributed by atoms with E-state index in [9.17, 15) is 4.79 Å². The highest BCUT2D eigenvalue weighted by Crippen LogP contribution is 2.17. The van der Waals surface area contributed by atoms with Crippen LogP contribution in [-0.2, 0) is 5.88 Å². The Hall–Kier alpha value is -1.32. The molecule has 0 radical (unpaired) electrons. The third-order valence-electron chi connectivity index (χ3n) is 3.09. The van der Waals surface area contributed by atoms with Gasteiger partial charge in [-0.25, -0.2) is 0 Å². The number of hydrogen-bond donors (Lipinski definition) is 1. The molecule has 4 heteroatoms. The van der Waals surface area contributed by atoms with Gasteiger partial charge in [0.2, 0.25) is 0 Å². The van der Waals surface area contributed by atoms with E-state index < -0.39 is 0 Å². The van der Waals surface area contributed by atoms with Crippen molar-refractivity contribution in [2.75, 3.05) is 0 Å². The molecule has 2 aromatic rings. The van der Waals surface area contributed by atoms with Crippen LogP contribution in [-0.4, -0.2) is 5.91 Å². The summed E-state index contributed by atoms with van der Waals surface area (Å²) in [6.07, 6.45) is 0. The normalized spacial score (nSPS) is 11.9. The van der Waals surface area contributed by atoms with Crippen LogP contribution in [0.3, 0.4) is 0 Å². The van der Waals surface area contributed by atoms with Gasteiger partial charge in [-0.05, 0) is 42.3 Å². The Labute approximate surface area is 132 Å². The van der Waals surface area contributed by atoms with Crippen LogP contribution in [0, 0.1) is 0 Å². The zero-order chi connectivity index (χ0) is 14.5. The minimum atomic E-state index is -0.0819. The van der Waals surface area contributed by atoms with Crippen molar-refractivity contribution in [3.63, 3.8) is 0 Å². The summed E-state index contributed by atoms with van der Waals surface area (Å²) in [5.41, 5.74) is 2.71. The van der Waals surface area contributed by atoms with E-state index in [-0.39, 0.29) is 11.9 Å². The van der Waals surface area contributed by atoms with Gasteiger partial charge in [-0.2, -0.15) is 0 Å². The Kier molecular flexibility index (Phi) is 5.21. The van der Waals surface area contributed by atoms with Gasteiger partial charge in [0.05, 0.1) is 6.04 Å². The lowest BCUT2D eigenvalue weighted by Crippen LogP contribution is -2.26. The Bertz CT molecular complexity index is 580. The molecule has 1 atom stereocenters. The fourth-order valence-corrected chi connectivity index (χ4v) is 2.30. The summed E-state index contributed by atoms with van der Waals surface area (Å²) in [6.45, 7) is 1.97. The number of carbonyl (C=O) groups excluding carboxylic acids is 1. The standard InChI is InChI=1S/C16H15BrClNO/c1-11(13-6-8-15(17)9-7-13)19-16(20)14-4-2-12(10-18)3-5-14/h2-9,11H,10H2,1H3,(H,19,20). The van der Waals surface area contributed by atoms with E-state index >= 15 is 0 Å². The lowest BCUT2D eigenvalue weighted by Gasteiger charge is -2.14. The molecule has 0 aromatic heterocycles. The zero-order valence-electron chi connectivity index (χ0n) is 11.1. The number of hydrogen-bond acceptors (Lipinski definition) is 1. The Balaban J connectivity index is 2.04. The first-order valence-electron chi connectivity index (χ1n) is 6.31. The third kappa shape index (κ3) is 3.84. The summed E-state index contributed by atoms with van der Waals surface area (Å²) < 4.78 is 1.02. The molecule has 0 spiro atoms. The minimum absolute atomic E-state index is 0.0386. The molecule has 2 rings (SSSR count). The highest BCUT2D eigenvalue weighted by Gasteiger charge is 2.11. The van der Waals surface area contributed by atoms with Gasteiger partial charge in [-0.1, -0.05) is 40.2 Å². The van der Waals surface area contributed by atoms with Crippen LogP contribution in [0.4, 0.5) is 0 Å². The molecule has 1 amide bonds. The van der Waals surface area contributed by atoms with Gasteiger partial charge < -0.3 is 5.32 Å². The van der Waals surface area contributed by atoms with Crippen LogP contribution >= 0.6 is 27.5 Å². The predicted molar refractivity (Wildman–Crippen MR) is 86.0 cm³/mol. The second-order valence-electron chi connectivity index (χ2n) is 4.58. The van der Waals surface area contributed by atoms with E-state index in [1.165, 1.54) is 0 Å². The number of carbonyl (C=O) groups is 1. The van der Waals surface area contributed by atoms with Crippen LogP contribution < -0.4 is 5.32 Å². The summed E-state index contributed by atoms with van der Waals surface area (Å²) in [6, 6.07) is 15.2. The lowest BCUT2D eigenvalue weighted by molar-refractivity contribution is 0.0940. The maximum atomic E-state index is 12.1. The minimum Gasteiger partial charge on any atom is -0.346 e. The topological polar surface area (TPSA) is 29.1 Å². The average molecular weight is 353 g/mol. The van der Waals surface area contributed by atoms with Gasteiger partial charge in [0.25, 0.3) is 5.91 Å². The van der Waals surface area contributed by atoms with Crippen LogP contribution in [0.2, 0.25) is 0 Å². The van der Waals surface area contributed by atoms with Crippen molar-refractivity contribution >= 4 is 33.4 Å². The number of alkyl halides is 1. The van der Waals surface area contributed by atoms with E-state index in [1.54, 1.807) is 12.1 Å². The van der Waals surface area contributed by atoms with Crippen molar-refractivity contribution in [2.24, 2.45) is 0 Å². The van der Waals surface area contributed by atoms with E-state index in [2.05, 4.69) is 21.2 Å². The zero-order valence-corrected chi connectivity index (χ0v) is 13.4. The molecule has 0 heterocycles. The first-order chi connectivity index (χ1) is 9.60. The molecule has 1 N–H and O–H groups in total. The van der Waals surface area contributed by atoms with Gasteiger partial charge in [0.1, 0.15) is 0 Å². The molecule has 20 heavy (non-hydrogen) atoms. The van der Waals surface area contributed by atoms with Crippen molar-refractivity contribution in [1.29, 1.82) is 0 Å². The number of nitrogens with one attached hydrogen (secondary N) is 1. The Morgan fingerprint density at radius 1 is 1.15 bits per heavy atom. The molecule has 104 valence electrons. The largest absolute Gasteiger partial charge is 0.346 e. The molecular formula is C16H15BrClNO. The van der Waals surface area contributed by atoms with E-state index in [0.29, 0.717) is 11.4 Å². The van der Waals surface area contributed by atoms with Crippen LogP contribution in [0.25, 0.3) is 0 Å². The second kappa shape index (κ2) is 6.91. The fourth-order valence-electron chi connectivity index (χ4n) is 1.86. The molecule has 0 aliphatic carbocycles. The molecule has 0 fully saturated rings. The molecule has 2 aromatic carbocycles. The molecule has 0 saturated carbocycles. The van der Waals surface area contributed by atoms with Gasteiger partial charge in [0, 0.05) is 15.9 Å². The molecule has 0 saturated heterocycles. The maximum absolute atomic E-state index is 12.1. The molecule has 2 nitrogen and oxygen atoms in total. The smallest absolute Gasteiger partial charge is 0.251 e. The van der Waals surface area contributed by atoms with Crippen molar-refractivity contribution < 1.29 is 4.79 Å². The van der Waals surface area contributed by atoms with Gasteiger partial charge in [-0.3, -0.25) is 4.79 Å². The van der Waals surface area contributed by atoms with Crippen molar-refractivity contribution in [3.05, 3.63) is 69.7 Å². The van der Waals surface area contributed by atoms with E-state index in [4.69, 9.17) is 11.6 Å². The highest BCUT2D eigenvalue weighted by molar-refractivity contribution is 9.10. The van der Waals surface area contributed by atoms with E-state index in [0.717, 1.165) is 15.6 Å². The molecular weight excluding hydrogens is 338 g/mol. The number of rotatable bonds is 4. The second-order valence-corrected chi connectivity index (χ2v) is 5.76. The summed E-state index contributed by atoms with van der Waals surface area (Å²) in [7, 11) is 0. The van der Waals surface area contributed by atoms with Crippen molar-refractivity contribution in [1.82, 2.24) is 5.32 Å². The third-order valence-corrected chi connectivity index (χ3v) is 3.93. The predicted octanol–water partition coefficient (Wildman–Crippen LogP) is 4.68. The number of benzene rings is 2. The monoisotopic (exact) mass is 351 g/mol. The molecule has 1 unspecified atom stereocenters. The molecule has 0 aliphatic rings. The number of halogens is 2. The van der Waals surface area contributed by atoms with Crippen LogP contribution in [0.1, 0.15) is 34.5 Å². The summed E-state index contributed by atoms with van der Waals surface area (Å²) in [5.74, 6) is 0.374. The van der Waals surface area contributed by atoms with Gasteiger partial charge in [0.15, 0.2) is 0 Å². The van der Waals surface area contributed by atoms with E-state index in [1.807, 2.05) is 43.3 Å². The lowest BCUT2D eigenvalue weighted by atomic mass is 10.1. The SMILES string of the molecule is CC(NC(=O)c1ccc(CCl)cc1)c1ccc(Br)cc1. The van der Waals surface area contributed by atoms with Crippen LogP contribution in [0.15, 0.2) is 53.0 Å². The first-order valence-corrected chi connectivity index (χ1v) is 7.64. The highest BCUT2D eigenvalue weighted by atomic mass is 79.9. The summed E-state index contributed by atoms with van der Waals surface area (Å²) in [5, 5.41) is 2.98. The Morgan fingerprint density at radius 3 is 2.30 bits per heavy atom. The van der Waals surface area contributed by atoms with Gasteiger partial charge in [-0.15, -0.1) is 11.6 Å². The fraction of sp³-hybridized carbons (Fsp3) is 0.188. The van der Waals surface area contributed by atoms with Crippen molar-refractivity contribution in [3.8, 4) is 0 Å². The summed E-state index contributed by atoms with van der Waals surface area (Å²) in [4.78, 5) is 12.1. The van der Waals surface area contributed by atoms with Crippen LogP contribution in [0.5, 0.6) is 0 Å².